The molecule has 1 N–H and O–H groups in total. The number of piperidine rings is 1. The third-order valence-corrected chi connectivity index (χ3v) is 5.75. The van der Waals surface area contributed by atoms with Crippen molar-refractivity contribution in [2.24, 2.45) is 5.41 Å². The molecule has 1 spiro atoms. The zero-order chi connectivity index (χ0) is 14.9. The van der Waals surface area contributed by atoms with Gasteiger partial charge in [0.1, 0.15) is 11.6 Å². The van der Waals surface area contributed by atoms with E-state index >= 15 is 0 Å². The highest BCUT2D eigenvalue weighted by molar-refractivity contribution is 5.29. The molecule has 3 rings (SSSR count). The summed E-state index contributed by atoms with van der Waals surface area (Å²) < 4.78 is 14.0. The summed E-state index contributed by atoms with van der Waals surface area (Å²) >= 11 is 0. The molecule has 3 heteroatoms. The molecule has 2 nitrogen and oxygen atoms in total. The van der Waals surface area contributed by atoms with Gasteiger partial charge in [-0.1, -0.05) is 25.3 Å². The molecule has 1 saturated heterocycles. The lowest BCUT2D eigenvalue weighted by Crippen LogP contribution is -2.42. The van der Waals surface area contributed by atoms with E-state index in [-0.39, 0.29) is 17.6 Å². The van der Waals surface area contributed by atoms with Gasteiger partial charge in [0.2, 0.25) is 0 Å². The van der Waals surface area contributed by atoms with Crippen molar-refractivity contribution in [2.75, 3.05) is 13.1 Å². The number of halogens is 1. The number of nitrogens with zero attached hydrogens (tertiary/aromatic N) is 1. The van der Waals surface area contributed by atoms with Crippen LogP contribution in [-0.4, -0.2) is 23.1 Å². The molecule has 1 saturated carbocycles. The number of benzene rings is 1. The fourth-order valence-corrected chi connectivity index (χ4v) is 4.24. The summed E-state index contributed by atoms with van der Waals surface area (Å²) in [5, 5.41) is 9.34. The van der Waals surface area contributed by atoms with Gasteiger partial charge in [0.25, 0.3) is 0 Å². The van der Waals surface area contributed by atoms with Crippen molar-refractivity contribution in [1.82, 2.24) is 4.90 Å². The van der Waals surface area contributed by atoms with Gasteiger partial charge >= 0.3 is 0 Å². The van der Waals surface area contributed by atoms with Crippen LogP contribution in [0.3, 0.4) is 0 Å². The van der Waals surface area contributed by atoms with Crippen LogP contribution in [0.2, 0.25) is 0 Å². The van der Waals surface area contributed by atoms with Gasteiger partial charge in [-0.15, -0.1) is 0 Å². The van der Waals surface area contributed by atoms with E-state index < -0.39 is 0 Å². The predicted molar refractivity (Wildman–Crippen MR) is 82.8 cm³/mol. The number of aromatic hydroxyl groups is 1. The fourth-order valence-electron chi connectivity index (χ4n) is 4.24. The number of hydrogen-bond donors (Lipinski definition) is 1. The Bertz CT molecular complexity index is 486. The van der Waals surface area contributed by atoms with Gasteiger partial charge < -0.3 is 5.11 Å². The molecule has 1 aliphatic carbocycles. The molecule has 21 heavy (non-hydrogen) atoms. The summed E-state index contributed by atoms with van der Waals surface area (Å²) in [5.41, 5.74) is 1.29. The van der Waals surface area contributed by atoms with Crippen molar-refractivity contribution in [3.05, 3.63) is 29.6 Å². The summed E-state index contributed by atoms with van der Waals surface area (Å²) in [6, 6.07) is 4.62. The predicted octanol–water partition coefficient (Wildman–Crippen LogP) is 4.64. The molecule has 1 aromatic rings. The van der Waals surface area contributed by atoms with Gasteiger partial charge in [-0.3, -0.25) is 4.90 Å². The summed E-state index contributed by atoms with van der Waals surface area (Å²) in [5.74, 6) is -0.288. The first kappa shape index (κ1) is 14.8. The number of phenols is 1. The molecule has 0 bridgehead atoms. The number of hydrogen-bond acceptors (Lipinski definition) is 2. The molecule has 0 radical (unpaired) electrons. The number of likely N-dealkylation sites (tertiary alicyclic amines) is 1. The second-order valence-corrected chi connectivity index (χ2v) is 6.98. The smallest absolute Gasteiger partial charge is 0.131 e. The third-order valence-electron chi connectivity index (χ3n) is 5.75. The first-order valence-corrected chi connectivity index (χ1v) is 8.32. The molecule has 1 unspecified atom stereocenters. The summed E-state index contributed by atoms with van der Waals surface area (Å²) in [7, 11) is 0. The Labute approximate surface area is 127 Å². The third kappa shape index (κ3) is 3.08. The molecule has 116 valence electrons. The fraction of sp³-hybridized carbons (Fsp3) is 0.667. The van der Waals surface area contributed by atoms with E-state index in [4.69, 9.17) is 0 Å². The normalized spacial score (nSPS) is 24.1. The van der Waals surface area contributed by atoms with E-state index in [9.17, 15) is 9.50 Å². The van der Waals surface area contributed by atoms with Crippen molar-refractivity contribution in [3.63, 3.8) is 0 Å². The van der Waals surface area contributed by atoms with Crippen molar-refractivity contribution >= 4 is 0 Å². The SMILES string of the molecule is CC(c1ccc(O)cc1F)N1CCC2(CCCCC2)CC1. The molecule has 2 aliphatic rings. The minimum atomic E-state index is -0.291. The zero-order valence-corrected chi connectivity index (χ0v) is 12.9. The minimum absolute atomic E-state index is 0.00301. The van der Waals surface area contributed by atoms with Crippen molar-refractivity contribution in [3.8, 4) is 5.75 Å². The second-order valence-electron chi connectivity index (χ2n) is 6.98. The Morgan fingerprint density at radius 1 is 1.10 bits per heavy atom. The molecule has 0 aromatic heterocycles. The second kappa shape index (κ2) is 5.96. The van der Waals surface area contributed by atoms with Crippen LogP contribution in [-0.2, 0) is 0 Å². The zero-order valence-electron chi connectivity index (χ0n) is 12.9. The first-order valence-electron chi connectivity index (χ1n) is 8.32. The van der Waals surface area contributed by atoms with Crippen LogP contribution in [0.5, 0.6) is 5.75 Å². The Balaban J connectivity index is 1.66. The highest BCUT2D eigenvalue weighted by atomic mass is 19.1. The molecule has 1 atom stereocenters. The molecule has 1 heterocycles. The Kier molecular flexibility index (Phi) is 4.21. The van der Waals surface area contributed by atoms with Gasteiger partial charge in [0.15, 0.2) is 0 Å². The van der Waals surface area contributed by atoms with Crippen LogP contribution in [0, 0.1) is 11.2 Å². The van der Waals surface area contributed by atoms with Gasteiger partial charge in [0.05, 0.1) is 0 Å². The molecule has 1 aromatic carbocycles. The molecular weight excluding hydrogens is 265 g/mol. The Morgan fingerprint density at radius 3 is 2.38 bits per heavy atom. The van der Waals surface area contributed by atoms with E-state index in [0.29, 0.717) is 11.0 Å². The van der Waals surface area contributed by atoms with Crippen LogP contribution in [0.15, 0.2) is 18.2 Å². The summed E-state index contributed by atoms with van der Waals surface area (Å²) in [6.07, 6.45) is 9.49. The van der Waals surface area contributed by atoms with E-state index in [1.165, 1.54) is 51.0 Å². The summed E-state index contributed by atoms with van der Waals surface area (Å²) in [6.45, 7) is 4.22. The molecular formula is C18H26FNO. The van der Waals surface area contributed by atoms with Crippen LogP contribution in [0.1, 0.15) is 63.5 Å². The van der Waals surface area contributed by atoms with Gasteiger partial charge in [-0.2, -0.15) is 0 Å². The molecule has 2 fully saturated rings. The van der Waals surface area contributed by atoms with Crippen molar-refractivity contribution < 1.29 is 9.50 Å². The average molecular weight is 291 g/mol. The van der Waals surface area contributed by atoms with E-state index in [1.54, 1.807) is 12.1 Å². The lowest BCUT2D eigenvalue weighted by atomic mass is 9.68. The Hall–Kier alpha value is -1.09. The van der Waals surface area contributed by atoms with Gasteiger partial charge in [-0.25, -0.2) is 4.39 Å². The Morgan fingerprint density at radius 2 is 1.76 bits per heavy atom. The lowest BCUT2D eigenvalue weighted by molar-refractivity contribution is 0.0479. The molecule has 0 amide bonds. The number of rotatable bonds is 2. The largest absolute Gasteiger partial charge is 0.508 e. The molecule has 1 aliphatic heterocycles. The average Bonchev–Trinajstić information content (AvgIpc) is 2.48. The van der Waals surface area contributed by atoms with Gasteiger partial charge in [0, 0.05) is 17.7 Å². The number of phenolic OH excluding ortho intramolecular Hbond substituents is 1. The lowest BCUT2D eigenvalue weighted by Gasteiger charge is -2.46. The first-order chi connectivity index (χ1) is 10.1. The maximum atomic E-state index is 14.0. The summed E-state index contributed by atoms with van der Waals surface area (Å²) in [4.78, 5) is 2.40. The highest BCUT2D eigenvalue weighted by Crippen LogP contribution is 2.45. The van der Waals surface area contributed by atoms with Gasteiger partial charge in [-0.05, 0) is 57.2 Å². The standard InChI is InChI=1S/C18H26FNO/c1-14(16-6-5-15(21)13-17(16)19)20-11-9-18(10-12-20)7-3-2-4-8-18/h5-6,13-14,21H,2-4,7-12H2,1H3. The van der Waals surface area contributed by atoms with Crippen LogP contribution >= 0.6 is 0 Å². The monoisotopic (exact) mass is 291 g/mol. The highest BCUT2D eigenvalue weighted by Gasteiger charge is 2.36. The topological polar surface area (TPSA) is 23.5 Å². The maximum absolute atomic E-state index is 14.0. The van der Waals surface area contributed by atoms with Crippen molar-refractivity contribution in [2.45, 2.75) is 57.9 Å². The van der Waals surface area contributed by atoms with E-state index in [2.05, 4.69) is 11.8 Å². The van der Waals surface area contributed by atoms with E-state index in [0.717, 1.165) is 13.1 Å². The minimum Gasteiger partial charge on any atom is -0.508 e. The maximum Gasteiger partial charge on any atom is 0.131 e. The quantitative estimate of drug-likeness (QED) is 0.858. The van der Waals surface area contributed by atoms with E-state index in [1.807, 2.05) is 0 Å². The van der Waals surface area contributed by atoms with Crippen LogP contribution in [0.25, 0.3) is 0 Å². The van der Waals surface area contributed by atoms with Crippen LogP contribution < -0.4 is 0 Å². The van der Waals surface area contributed by atoms with Crippen molar-refractivity contribution in [1.29, 1.82) is 0 Å². The van der Waals surface area contributed by atoms with Crippen LogP contribution in [0.4, 0.5) is 4.39 Å².